The summed E-state index contributed by atoms with van der Waals surface area (Å²) in [4.78, 5) is 25.5. The molecule has 2 rings (SSSR count). The Bertz CT molecular complexity index is 713. The molecule has 0 aliphatic rings. The Kier molecular flexibility index (Phi) is 9.72. The zero-order chi connectivity index (χ0) is 20.0. The fourth-order valence-corrected chi connectivity index (χ4v) is 2.65. The first-order valence-corrected chi connectivity index (χ1v) is 9.68. The zero-order valence-electron chi connectivity index (χ0n) is 15.7. The third kappa shape index (κ3) is 8.31. The van der Waals surface area contributed by atoms with Crippen molar-refractivity contribution in [2.75, 3.05) is 25.5 Å². The van der Waals surface area contributed by atoms with Gasteiger partial charge in [0, 0.05) is 25.5 Å². The van der Waals surface area contributed by atoms with Gasteiger partial charge >= 0.3 is 12.2 Å². The highest BCUT2D eigenvalue weighted by molar-refractivity contribution is 6.18. The summed E-state index contributed by atoms with van der Waals surface area (Å²) in [5.74, 6) is 0.312. The second-order valence-electron chi connectivity index (χ2n) is 6.06. The summed E-state index contributed by atoms with van der Waals surface area (Å²) in [7, 11) is 0. The Morgan fingerprint density at radius 3 is 2.00 bits per heavy atom. The summed E-state index contributed by atoms with van der Waals surface area (Å²) in [6, 6.07) is 18.9. The van der Waals surface area contributed by atoms with Crippen LogP contribution in [0.2, 0.25) is 0 Å². The molecular weight excluding hydrogens is 380 g/mol. The number of hydrogen-bond donors (Lipinski definition) is 1. The van der Waals surface area contributed by atoms with Crippen molar-refractivity contribution < 1.29 is 19.1 Å². The fraction of sp³-hybridized carbons (Fsp3) is 0.333. The Morgan fingerprint density at radius 2 is 1.43 bits per heavy atom. The van der Waals surface area contributed by atoms with Crippen molar-refractivity contribution in [2.45, 2.75) is 19.6 Å². The van der Waals surface area contributed by atoms with E-state index in [1.54, 1.807) is 0 Å². The van der Waals surface area contributed by atoms with Gasteiger partial charge in [-0.15, -0.1) is 11.6 Å². The van der Waals surface area contributed by atoms with Gasteiger partial charge in [-0.1, -0.05) is 60.7 Å². The van der Waals surface area contributed by atoms with Crippen LogP contribution in [-0.2, 0) is 22.7 Å². The van der Waals surface area contributed by atoms with Gasteiger partial charge in [0.15, 0.2) is 0 Å². The van der Waals surface area contributed by atoms with E-state index in [-0.39, 0.29) is 13.2 Å². The van der Waals surface area contributed by atoms with E-state index >= 15 is 0 Å². The molecule has 6 nitrogen and oxygen atoms in total. The van der Waals surface area contributed by atoms with Gasteiger partial charge in [-0.3, -0.25) is 0 Å². The lowest BCUT2D eigenvalue weighted by atomic mass is 10.2. The maximum atomic E-state index is 12.2. The summed E-state index contributed by atoms with van der Waals surface area (Å²) in [5.41, 5.74) is 1.84. The molecule has 0 heterocycles. The highest BCUT2D eigenvalue weighted by Gasteiger charge is 2.14. The number of benzene rings is 2. The minimum atomic E-state index is -0.487. The summed E-state index contributed by atoms with van der Waals surface area (Å²) in [5, 5.41) is 2.67. The van der Waals surface area contributed by atoms with Crippen molar-refractivity contribution in [3.63, 3.8) is 0 Å². The van der Waals surface area contributed by atoms with E-state index < -0.39 is 12.2 Å². The van der Waals surface area contributed by atoms with Gasteiger partial charge in [0.1, 0.15) is 13.2 Å². The van der Waals surface area contributed by atoms with Gasteiger partial charge in [-0.25, -0.2) is 9.59 Å². The third-order valence-corrected chi connectivity index (χ3v) is 4.07. The number of ether oxygens (including phenoxy) is 2. The normalized spacial score (nSPS) is 10.2. The lowest BCUT2D eigenvalue weighted by molar-refractivity contribution is 0.0977. The van der Waals surface area contributed by atoms with Crippen LogP contribution in [0.25, 0.3) is 0 Å². The minimum absolute atomic E-state index is 0.211. The molecule has 0 aliphatic heterocycles. The Hall–Kier alpha value is -2.73. The van der Waals surface area contributed by atoms with Crippen LogP contribution in [0, 0.1) is 0 Å². The number of nitrogens with zero attached hydrogens (tertiary/aromatic N) is 1. The molecule has 28 heavy (non-hydrogen) atoms. The number of hydrogen-bond acceptors (Lipinski definition) is 4. The molecule has 2 aromatic rings. The lowest BCUT2D eigenvalue weighted by Gasteiger charge is -2.21. The molecule has 150 valence electrons. The lowest BCUT2D eigenvalue weighted by Crippen LogP contribution is -2.36. The molecule has 7 heteroatoms. The smallest absolute Gasteiger partial charge is 0.410 e. The molecule has 0 atom stereocenters. The van der Waals surface area contributed by atoms with E-state index in [1.807, 2.05) is 60.7 Å². The molecule has 0 unspecified atom stereocenters. The van der Waals surface area contributed by atoms with E-state index in [2.05, 4.69) is 5.32 Å². The maximum absolute atomic E-state index is 12.2. The highest BCUT2D eigenvalue weighted by Crippen LogP contribution is 2.05. The number of alkyl halides is 1. The number of alkyl carbamates (subject to hydrolysis) is 1. The molecule has 0 saturated carbocycles. The Balaban J connectivity index is 1.64. The van der Waals surface area contributed by atoms with Gasteiger partial charge in [0.25, 0.3) is 0 Å². The molecule has 2 amide bonds. The molecule has 0 spiro atoms. The van der Waals surface area contributed by atoms with Gasteiger partial charge in [-0.2, -0.15) is 0 Å². The maximum Gasteiger partial charge on any atom is 0.410 e. The molecule has 0 fully saturated rings. The summed E-state index contributed by atoms with van der Waals surface area (Å²) >= 11 is 5.78. The zero-order valence-corrected chi connectivity index (χ0v) is 16.4. The largest absolute Gasteiger partial charge is 0.445 e. The number of amides is 2. The molecule has 0 radical (unpaired) electrons. The summed E-state index contributed by atoms with van der Waals surface area (Å²) < 4.78 is 10.5. The van der Waals surface area contributed by atoms with Crippen molar-refractivity contribution >= 4 is 23.8 Å². The molecule has 2 aromatic carbocycles. The first-order valence-electron chi connectivity index (χ1n) is 9.15. The van der Waals surface area contributed by atoms with Gasteiger partial charge in [0.2, 0.25) is 0 Å². The van der Waals surface area contributed by atoms with Crippen LogP contribution < -0.4 is 5.32 Å². The SMILES string of the molecule is O=C(NCCCN(CCCl)C(=O)OCc1ccccc1)OCc1ccccc1. The van der Waals surface area contributed by atoms with Crippen molar-refractivity contribution in [1.82, 2.24) is 10.2 Å². The predicted octanol–water partition coefficient (Wildman–Crippen LogP) is 4.18. The topological polar surface area (TPSA) is 67.9 Å². The van der Waals surface area contributed by atoms with Crippen molar-refractivity contribution in [2.24, 2.45) is 0 Å². The molecular formula is C21H25ClN2O4. The van der Waals surface area contributed by atoms with E-state index in [0.717, 1.165) is 11.1 Å². The number of halogens is 1. The van der Waals surface area contributed by atoms with Crippen LogP contribution in [0.5, 0.6) is 0 Å². The van der Waals surface area contributed by atoms with Gasteiger partial charge in [0.05, 0.1) is 0 Å². The van der Waals surface area contributed by atoms with Crippen LogP contribution in [0.4, 0.5) is 9.59 Å². The number of rotatable bonds is 10. The summed E-state index contributed by atoms with van der Waals surface area (Å²) in [6.45, 7) is 1.63. The molecule has 1 N–H and O–H groups in total. The minimum Gasteiger partial charge on any atom is -0.445 e. The fourth-order valence-electron chi connectivity index (χ4n) is 2.44. The van der Waals surface area contributed by atoms with Gasteiger partial charge < -0.3 is 19.7 Å². The molecule has 0 saturated heterocycles. The number of nitrogens with one attached hydrogen (secondary N) is 1. The van der Waals surface area contributed by atoms with Gasteiger partial charge in [-0.05, 0) is 17.5 Å². The first-order chi connectivity index (χ1) is 13.7. The van der Waals surface area contributed by atoms with E-state index in [4.69, 9.17) is 21.1 Å². The monoisotopic (exact) mass is 404 g/mol. The van der Waals surface area contributed by atoms with Crippen LogP contribution in [-0.4, -0.2) is 42.6 Å². The Labute approximate surface area is 170 Å². The molecule has 0 aromatic heterocycles. The number of carbonyl (C=O) groups excluding carboxylic acids is 2. The molecule has 0 aliphatic carbocycles. The molecule has 0 bridgehead atoms. The van der Waals surface area contributed by atoms with Crippen molar-refractivity contribution in [1.29, 1.82) is 0 Å². The second-order valence-corrected chi connectivity index (χ2v) is 6.44. The number of carbonyl (C=O) groups is 2. The average molecular weight is 405 g/mol. The average Bonchev–Trinajstić information content (AvgIpc) is 2.74. The van der Waals surface area contributed by atoms with E-state index in [0.29, 0.717) is 31.9 Å². The van der Waals surface area contributed by atoms with Crippen LogP contribution >= 0.6 is 11.6 Å². The highest BCUT2D eigenvalue weighted by atomic mass is 35.5. The second kappa shape index (κ2) is 12.6. The van der Waals surface area contributed by atoms with Crippen LogP contribution in [0.3, 0.4) is 0 Å². The summed E-state index contributed by atoms with van der Waals surface area (Å²) in [6.07, 6.45) is -0.340. The Morgan fingerprint density at radius 1 is 0.857 bits per heavy atom. The quantitative estimate of drug-likeness (QED) is 0.476. The standard InChI is InChI=1S/C21H25ClN2O4/c22-12-15-24(21(26)28-17-19-10-5-2-6-11-19)14-7-13-23-20(25)27-16-18-8-3-1-4-9-18/h1-6,8-11H,7,12-17H2,(H,23,25). The predicted molar refractivity (Wildman–Crippen MR) is 108 cm³/mol. The van der Waals surface area contributed by atoms with E-state index in [1.165, 1.54) is 4.90 Å². The third-order valence-electron chi connectivity index (χ3n) is 3.90. The van der Waals surface area contributed by atoms with Crippen LogP contribution in [0.15, 0.2) is 60.7 Å². The van der Waals surface area contributed by atoms with Crippen LogP contribution in [0.1, 0.15) is 17.5 Å². The first kappa shape index (κ1) is 21.6. The van der Waals surface area contributed by atoms with E-state index in [9.17, 15) is 9.59 Å². The van der Waals surface area contributed by atoms with Crippen molar-refractivity contribution in [3.8, 4) is 0 Å². The van der Waals surface area contributed by atoms with Crippen molar-refractivity contribution in [3.05, 3.63) is 71.8 Å².